The quantitative estimate of drug-likeness (QED) is 0.559. The van der Waals surface area contributed by atoms with Crippen molar-refractivity contribution >= 4 is 11.6 Å². The molecular formula is C20H16FN5O2. The summed E-state index contributed by atoms with van der Waals surface area (Å²) in [4.78, 5) is 12.5. The van der Waals surface area contributed by atoms with Crippen molar-refractivity contribution in [3.05, 3.63) is 89.4 Å². The fraction of sp³-hybridized carbons (Fsp3) is 0.100. The molecule has 0 radical (unpaired) electrons. The van der Waals surface area contributed by atoms with Crippen LogP contribution in [0.15, 0.2) is 66.9 Å². The van der Waals surface area contributed by atoms with Gasteiger partial charge in [-0.3, -0.25) is 4.79 Å². The number of nitrogens with one attached hydrogen (secondary N) is 1. The molecule has 1 amide bonds. The second kappa shape index (κ2) is 7.83. The number of carbonyl (C=O) groups excluding carboxylic acids is 1. The van der Waals surface area contributed by atoms with Crippen molar-refractivity contribution in [3.8, 4) is 5.75 Å². The lowest BCUT2D eigenvalue weighted by atomic mass is 10.2. The van der Waals surface area contributed by atoms with Gasteiger partial charge in [-0.2, -0.15) is 4.52 Å². The Labute approximate surface area is 159 Å². The molecule has 28 heavy (non-hydrogen) atoms. The highest BCUT2D eigenvalue weighted by Gasteiger charge is 2.12. The molecule has 7 nitrogen and oxygen atoms in total. The summed E-state index contributed by atoms with van der Waals surface area (Å²) in [5.41, 5.74) is 2.11. The monoisotopic (exact) mass is 377 g/mol. The van der Waals surface area contributed by atoms with Crippen LogP contribution in [0.5, 0.6) is 5.75 Å². The van der Waals surface area contributed by atoms with Crippen molar-refractivity contribution in [3.63, 3.8) is 0 Å². The molecule has 2 aromatic heterocycles. The van der Waals surface area contributed by atoms with Crippen molar-refractivity contribution in [1.29, 1.82) is 0 Å². The summed E-state index contributed by atoms with van der Waals surface area (Å²) in [5.74, 6) is 0.0138. The van der Waals surface area contributed by atoms with Gasteiger partial charge >= 0.3 is 0 Å². The molecule has 0 bridgehead atoms. The first-order valence-corrected chi connectivity index (χ1v) is 8.61. The molecule has 2 heterocycles. The van der Waals surface area contributed by atoms with Gasteiger partial charge in [-0.1, -0.05) is 30.3 Å². The summed E-state index contributed by atoms with van der Waals surface area (Å²) in [5, 5.41) is 14.0. The van der Waals surface area contributed by atoms with Crippen molar-refractivity contribution in [2.75, 3.05) is 0 Å². The standard InChI is InChI=1S/C20H16FN5O2/c21-18-9-2-1-6-15(18)13-28-16-7-3-5-14(11-16)12-22-20(27)17-8-4-10-26-19(17)23-24-25-26/h1-11H,12-13H2,(H,22,27). The molecule has 140 valence electrons. The normalized spacial score (nSPS) is 10.8. The molecule has 0 fully saturated rings. The van der Waals surface area contributed by atoms with Crippen LogP contribution in [0.1, 0.15) is 21.5 Å². The first-order chi connectivity index (χ1) is 13.7. The van der Waals surface area contributed by atoms with Gasteiger partial charge in [0.25, 0.3) is 5.91 Å². The number of aromatic nitrogens is 4. The molecule has 4 aromatic rings. The lowest BCUT2D eigenvalue weighted by Crippen LogP contribution is -2.23. The van der Waals surface area contributed by atoms with Crippen molar-refractivity contribution in [1.82, 2.24) is 25.4 Å². The SMILES string of the molecule is O=C(NCc1cccc(OCc2ccccc2F)c1)c1cccn2nnnc12. The first kappa shape index (κ1) is 17.6. The van der Waals surface area contributed by atoms with Crippen LogP contribution < -0.4 is 10.1 Å². The average molecular weight is 377 g/mol. The minimum atomic E-state index is -0.303. The summed E-state index contributed by atoms with van der Waals surface area (Å²) in [6.07, 6.45) is 1.67. The Morgan fingerprint density at radius 1 is 1.11 bits per heavy atom. The molecule has 8 heteroatoms. The Bertz CT molecular complexity index is 1130. The zero-order valence-electron chi connectivity index (χ0n) is 14.7. The zero-order chi connectivity index (χ0) is 19.3. The van der Waals surface area contributed by atoms with Crippen LogP contribution in [0.2, 0.25) is 0 Å². The number of halogens is 1. The average Bonchev–Trinajstić information content (AvgIpc) is 3.21. The Morgan fingerprint density at radius 2 is 2.00 bits per heavy atom. The van der Waals surface area contributed by atoms with Gasteiger partial charge in [-0.25, -0.2) is 4.39 Å². The maximum atomic E-state index is 13.7. The lowest BCUT2D eigenvalue weighted by molar-refractivity contribution is 0.0952. The van der Waals surface area contributed by atoms with Crippen molar-refractivity contribution in [2.45, 2.75) is 13.2 Å². The number of ether oxygens (including phenoxy) is 1. The largest absolute Gasteiger partial charge is 0.489 e. The Balaban J connectivity index is 1.40. The predicted molar refractivity (Wildman–Crippen MR) is 99.1 cm³/mol. The predicted octanol–water partition coefficient (Wildman–Crippen LogP) is 2.77. The van der Waals surface area contributed by atoms with Crippen LogP contribution >= 0.6 is 0 Å². The molecule has 0 unspecified atom stereocenters. The number of fused-ring (bicyclic) bond motifs is 1. The Kier molecular flexibility index (Phi) is 4.92. The van der Waals surface area contributed by atoms with E-state index in [1.807, 2.05) is 12.1 Å². The Hall–Kier alpha value is -3.81. The van der Waals surface area contributed by atoms with Gasteiger partial charge in [0, 0.05) is 18.3 Å². The number of amides is 1. The van der Waals surface area contributed by atoms with Gasteiger partial charge in [0.1, 0.15) is 18.2 Å². The molecule has 0 aliphatic heterocycles. The molecular weight excluding hydrogens is 361 g/mol. The highest BCUT2D eigenvalue weighted by atomic mass is 19.1. The minimum Gasteiger partial charge on any atom is -0.489 e. The van der Waals surface area contributed by atoms with Crippen LogP contribution in [0.25, 0.3) is 5.65 Å². The number of hydrogen-bond donors (Lipinski definition) is 1. The van der Waals surface area contributed by atoms with Crippen LogP contribution in [-0.2, 0) is 13.2 Å². The summed E-state index contributed by atoms with van der Waals surface area (Å²) >= 11 is 0. The van der Waals surface area contributed by atoms with Crippen molar-refractivity contribution < 1.29 is 13.9 Å². The molecule has 0 spiro atoms. The molecule has 0 saturated carbocycles. The second-order valence-electron chi connectivity index (χ2n) is 6.08. The van der Waals surface area contributed by atoms with Gasteiger partial charge in [0.2, 0.25) is 0 Å². The van der Waals surface area contributed by atoms with E-state index < -0.39 is 0 Å². The topological polar surface area (TPSA) is 81.4 Å². The highest BCUT2D eigenvalue weighted by Crippen LogP contribution is 2.16. The molecule has 2 aromatic carbocycles. The van der Waals surface area contributed by atoms with E-state index in [0.717, 1.165) is 5.56 Å². The summed E-state index contributed by atoms with van der Waals surface area (Å²) in [6, 6.07) is 17.1. The zero-order valence-corrected chi connectivity index (χ0v) is 14.7. The number of tetrazole rings is 1. The third kappa shape index (κ3) is 3.80. The van der Waals surface area contributed by atoms with E-state index in [-0.39, 0.29) is 18.3 Å². The number of nitrogens with zero attached hydrogens (tertiary/aromatic N) is 4. The van der Waals surface area contributed by atoms with Crippen LogP contribution in [0.4, 0.5) is 4.39 Å². The lowest BCUT2D eigenvalue weighted by Gasteiger charge is -2.10. The smallest absolute Gasteiger partial charge is 0.255 e. The summed E-state index contributed by atoms with van der Waals surface area (Å²) in [6.45, 7) is 0.433. The molecule has 4 rings (SSSR count). The second-order valence-corrected chi connectivity index (χ2v) is 6.08. The maximum absolute atomic E-state index is 13.7. The van der Waals surface area contributed by atoms with Gasteiger partial charge in [-0.15, -0.1) is 5.10 Å². The first-order valence-electron chi connectivity index (χ1n) is 8.61. The van der Waals surface area contributed by atoms with E-state index in [2.05, 4.69) is 20.8 Å². The maximum Gasteiger partial charge on any atom is 0.255 e. The van der Waals surface area contributed by atoms with E-state index in [1.165, 1.54) is 10.6 Å². The third-order valence-corrected chi connectivity index (χ3v) is 4.17. The fourth-order valence-corrected chi connectivity index (χ4v) is 2.74. The molecule has 1 N–H and O–H groups in total. The van der Waals surface area contributed by atoms with Gasteiger partial charge in [-0.05, 0) is 46.3 Å². The van der Waals surface area contributed by atoms with Gasteiger partial charge < -0.3 is 10.1 Å². The Morgan fingerprint density at radius 3 is 2.89 bits per heavy atom. The van der Waals surface area contributed by atoms with E-state index >= 15 is 0 Å². The van der Waals surface area contributed by atoms with E-state index in [1.54, 1.807) is 48.7 Å². The fourth-order valence-electron chi connectivity index (χ4n) is 2.74. The number of hydrogen-bond acceptors (Lipinski definition) is 5. The van der Waals surface area contributed by atoms with Crippen LogP contribution in [-0.4, -0.2) is 25.9 Å². The van der Waals surface area contributed by atoms with Gasteiger partial charge in [0.15, 0.2) is 5.65 Å². The third-order valence-electron chi connectivity index (χ3n) is 4.17. The summed E-state index contributed by atoms with van der Waals surface area (Å²) < 4.78 is 20.8. The van der Waals surface area contributed by atoms with Crippen molar-refractivity contribution in [2.24, 2.45) is 0 Å². The molecule has 0 aliphatic carbocycles. The minimum absolute atomic E-state index is 0.129. The molecule has 0 aliphatic rings. The molecule has 0 atom stereocenters. The number of benzene rings is 2. The molecule has 0 saturated heterocycles. The number of rotatable bonds is 6. The van der Waals surface area contributed by atoms with Crippen LogP contribution in [0.3, 0.4) is 0 Å². The highest BCUT2D eigenvalue weighted by molar-refractivity contribution is 5.99. The van der Waals surface area contributed by atoms with E-state index in [4.69, 9.17) is 4.74 Å². The summed E-state index contributed by atoms with van der Waals surface area (Å²) in [7, 11) is 0. The van der Waals surface area contributed by atoms with E-state index in [0.29, 0.717) is 29.1 Å². The number of pyridine rings is 1. The number of carbonyl (C=O) groups is 1. The van der Waals surface area contributed by atoms with Gasteiger partial charge in [0.05, 0.1) is 5.56 Å². The van der Waals surface area contributed by atoms with Crippen LogP contribution in [0, 0.1) is 5.82 Å². The van der Waals surface area contributed by atoms with E-state index in [9.17, 15) is 9.18 Å².